The Morgan fingerprint density at radius 2 is 2.28 bits per heavy atom. The van der Waals surface area contributed by atoms with Crippen molar-refractivity contribution in [3.63, 3.8) is 0 Å². The minimum atomic E-state index is -0.0765. The monoisotopic (exact) mass is 270 g/mol. The summed E-state index contributed by atoms with van der Waals surface area (Å²) in [6, 6.07) is 0. The van der Waals surface area contributed by atoms with Gasteiger partial charge in [-0.05, 0) is 27.7 Å². The van der Waals surface area contributed by atoms with Gasteiger partial charge in [-0.3, -0.25) is 4.90 Å². The number of nitrogens with one attached hydrogen (secondary N) is 1. The van der Waals surface area contributed by atoms with Crippen molar-refractivity contribution in [2.24, 2.45) is 0 Å². The summed E-state index contributed by atoms with van der Waals surface area (Å²) in [6.45, 7) is 12.1. The molecule has 1 atom stereocenters. The summed E-state index contributed by atoms with van der Waals surface area (Å²) in [6.07, 6.45) is 0.273. The Kier molecular flexibility index (Phi) is 4.19. The maximum Gasteiger partial charge on any atom is 0.205 e. The Labute approximate surface area is 113 Å². The summed E-state index contributed by atoms with van der Waals surface area (Å²) in [7, 11) is 0. The van der Waals surface area contributed by atoms with E-state index in [4.69, 9.17) is 4.74 Å². The van der Waals surface area contributed by atoms with Crippen LogP contribution in [-0.2, 0) is 11.3 Å². The van der Waals surface area contributed by atoms with Crippen LogP contribution in [0.25, 0.3) is 0 Å². The van der Waals surface area contributed by atoms with Gasteiger partial charge in [-0.1, -0.05) is 11.3 Å². The molecule has 1 aromatic heterocycles. The van der Waals surface area contributed by atoms with Gasteiger partial charge in [0, 0.05) is 19.6 Å². The van der Waals surface area contributed by atoms with Crippen LogP contribution in [0.5, 0.6) is 0 Å². The molecule has 0 amide bonds. The maximum atomic E-state index is 5.90. The Balaban J connectivity index is 1.95. The van der Waals surface area contributed by atoms with Crippen molar-refractivity contribution in [3.05, 3.63) is 5.01 Å². The van der Waals surface area contributed by atoms with Gasteiger partial charge in [0.15, 0.2) is 0 Å². The molecule has 0 aromatic carbocycles. The van der Waals surface area contributed by atoms with E-state index in [1.807, 2.05) is 0 Å². The van der Waals surface area contributed by atoms with Gasteiger partial charge < -0.3 is 10.1 Å². The van der Waals surface area contributed by atoms with Gasteiger partial charge in [0.2, 0.25) is 5.13 Å². The molecule has 1 aromatic rings. The molecule has 0 aliphatic carbocycles. The lowest BCUT2D eigenvalue weighted by Gasteiger charge is -2.41. The van der Waals surface area contributed by atoms with Crippen molar-refractivity contribution in [2.75, 3.05) is 25.0 Å². The van der Waals surface area contributed by atoms with Crippen LogP contribution in [0.4, 0.5) is 5.13 Å². The van der Waals surface area contributed by atoms with E-state index in [-0.39, 0.29) is 11.7 Å². The Bertz CT molecular complexity index is 393. The third-order valence-electron chi connectivity index (χ3n) is 2.79. The first-order valence-corrected chi connectivity index (χ1v) is 7.26. The molecule has 5 nitrogen and oxygen atoms in total. The molecule has 2 heterocycles. The SMILES string of the molecule is CCNc1nnc(CN2CC(C)OC(C)(C)C2)s1. The molecule has 1 N–H and O–H groups in total. The molecule has 18 heavy (non-hydrogen) atoms. The lowest BCUT2D eigenvalue weighted by Crippen LogP contribution is -2.51. The highest BCUT2D eigenvalue weighted by Gasteiger charge is 2.31. The van der Waals surface area contributed by atoms with Crippen molar-refractivity contribution in [3.8, 4) is 0 Å². The molecule has 102 valence electrons. The van der Waals surface area contributed by atoms with Crippen molar-refractivity contribution >= 4 is 16.5 Å². The average Bonchev–Trinajstić information content (AvgIpc) is 2.62. The second-order valence-electron chi connectivity index (χ2n) is 5.39. The van der Waals surface area contributed by atoms with Crippen LogP contribution in [0.1, 0.15) is 32.7 Å². The number of rotatable bonds is 4. The molecule has 0 saturated carbocycles. The quantitative estimate of drug-likeness (QED) is 0.906. The van der Waals surface area contributed by atoms with E-state index in [1.165, 1.54) is 0 Å². The summed E-state index contributed by atoms with van der Waals surface area (Å²) < 4.78 is 5.90. The van der Waals surface area contributed by atoms with Gasteiger partial charge in [-0.15, -0.1) is 10.2 Å². The van der Waals surface area contributed by atoms with E-state index >= 15 is 0 Å². The van der Waals surface area contributed by atoms with Gasteiger partial charge in [-0.2, -0.15) is 0 Å². The zero-order chi connectivity index (χ0) is 13.2. The van der Waals surface area contributed by atoms with Crippen LogP contribution in [-0.4, -0.2) is 46.4 Å². The third-order valence-corrected chi connectivity index (χ3v) is 3.66. The highest BCUT2D eigenvalue weighted by atomic mass is 32.1. The highest BCUT2D eigenvalue weighted by molar-refractivity contribution is 7.15. The lowest BCUT2D eigenvalue weighted by atomic mass is 10.1. The second-order valence-corrected chi connectivity index (χ2v) is 6.45. The van der Waals surface area contributed by atoms with Crippen molar-refractivity contribution in [2.45, 2.75) is 45.9 Å². The summed E-state index contributed by atoms with van der Waals surface area (Å²) in [5.74, 6) is 0. The van der Waals surface area contributed by atoms with Crippen LogP contribution in [0.3, 0.4) is 0 Å². The molecular weight excluding hydrogens is 248 g/mol. The Hall–Kier alpha value is -0.720. The van der Waals surface area contributed by atoms with E-state index in [2.05, 4.69) is 48.1 Å². The number of hydrogen-bond acceptors (Lipinski definition) is 6. The van der Waals surface area contributed by atoms with Gasteiger partial charge in [0.05, 0.1) is 18.2 Å². The average molecular weight is 270 g/mol. The first-order chi connectivity index (χ1) is 8.48. The fourth-order valence-electron chi connectivity index (χ4n) is 2.44. The molecule has 1 saturated heterocycles. The number of anilines is 1. The minimum Gasteiger partial charge on any atom is -0.370 e. The topological polar surface area (TPSA) is 50.3 Å². The predicted molar refractivity (Wildman–Crippen MR) is 74.0 cm³/mol. The van der Waals surface area contributed by atoms with Crippen LogP contribution in [0.2, 0.25) is 0 Å². The van der Waals surface area contributed by atoms with E-state index in [0.717, 1.165) is 36.3 Å². The minimum absolute atomic E-state index is 0.0765. The molecule has 1 unspecified atom stereocenters. The first kappa shape index (κ1) is 13.7. The number of aromatic nitrogens is 2. The van der Waals surface area contributed by atoms with Crippen molar-refractivity contribution < 1.29 is 4.74 Å². The summed E-state index contributed by atoms with van der Waals surface area (Å²) in [5, 5.41) is 13.5. The van der Waals surface area contributed by atoms with Crippen LogP contribution in [0, 0.1) is 0 Å². The van der Waals surface area contributed by atoms with E-state index in [0.29, 0.717) is 0 Å². The summed E-state index contributed by atoms with van der Waals surface area (Å²) >= 11 is 1.64. The van der Waals surface area contributed by atoms with Crippen molar-refractivity contribution in [1.82, 2.24) is 15.1 Å². The van der Waals surface area contributed by atoms with Gasteiger partial charge in [-0.25, -0.2) is 0 Å². The molecule has 6 heteroatoms. The molecule has 1 fully saturated rings. The smallest absolute Gasteiger partial charge is 0.205 e. The fourth-order valence-corrected chi connectivity index (χ4v) is 3.29. The first-order valence-electron chi connectivity index (χ1n) is 6.45. The van der Waals surface area contributed by atoms with E-state index in [9.17, 15) is 0 Å². The van der Waals surface area contributed by atoms with E-state index in [1.54, 1.807) is 11.3 Å². The Morgan fingerprint density at radius 3 is 2.94 bits per heavy atom. The van der Waals surface area contributed by atoms with E-state index < -0.39 is 0 Å². The standard InChI is InChI=1S/C12H22N4OS/c1-5-13-11-15-14-10(18-11)7-16-6-9(2)17-12(3,4)8-16/h9H,5-8H2,1-4H3,(H,13,15). The van der Waals surface area contributed by atoms with Crippen LogP contribution < -0.4 is 5.32 Å². The molecule has 0 bridgehead atoms. The third kappa shape index (κ3) is 3.63. The molecule has 0 spiro atoms. The van der Waals surface area contributed by atoms with Crippen LogP contribution in [0.15, 0.2) is 0 Å². The summed E-state index contributed by atoms with van der Waals surface area (Å²) in [4.78, 5) is 2.39. The second kappa shape index (κ2) is 5.50. The zero-order valence-electron chi connectivity index (χ0n) is 11.6. The number of ether oxygens (including phenoxy) is 1. The Morgan fingerprint density at radius 1 is 1.50 bits per heavy atom. The van der Waals surface area contributed by atoms with Gasteiger partial charge in [0.25, 0.3) is 0 Å². The molecule has 1 aliphatic heterocycles. The number of hydrogen-bond donors (Lipinski definition) is 1. The largest absolute Gasteiger partial charge is 0.370 e. The molecule has 2 rings (SSSR count). The summed E-state index contributed by atoms with van der Waals surface area (Å²) in [5.41, 5.74) is -0.0765. The molecule has 0 radical (unpaired) electrons. The lowest BCUT2D eigenvalue weighted by molar-refractivity contribution is -0.130. The van der Waals surface area contributed by atoms with Gasteiger partial charge >= 0.3 is 0 Å². The number of nitrogens with zero attached hydrogens (tertiary/aromatic N) is 3. The molecular formula is C12H22N4OS. The number of morpholine rings is 1. The highest BCUT2D eigenvalue weighted by Crippen LogP contribution is 2.23. The normalized spacial score (nSPS) is 24.1. The fraction of sp³-hybridized carbons (Fsp3) is 0.833. The maximum absolute atomic E-state index is 5.90. The predicted octanol–water partition coefficient (Wildman–Crippen LogP) is 1.97. The van der Waals surface area contributed by atoms with Crippen molar-refractivity contribution in [1.29, 1.82) is 0 Å². The van der Waals surface area contributed by atoms with Crippen LogP contribution >= 0.6 is 11.3 Å². The van der Waals surface area contributed by atoms with Gasteiger partial charge in [0.1, 0.15) is 5.01 Å². The molecule has 1 aliphatic rings. The zero-order valence-corrected chi connectivity index (χ0v) is 12.4.